The Morgan fingerprint density at radius 1 is 2.00 bits per heavy atom. The molecule has 0 saturated carbocycles. The molecule has 5 nitrogen and oxygen atoms in total. The maximum absolute atomic E-state index is 5.23. The number of hydrogen-bond acceptors (Lipinski definition) is 5. The maximum Gasteiger partial charge on any atom is 0.282 e. The summed E-state index contributed by atoms with van der Waals surface area (Å²) in [5.41, 5.74) is 5.23. The highest BCUT2D eigenvalue weighted by atomic mass is 31.1. The van der Waals surface area contributed by atoms with E-state index in [1.165, 1.54) is 0 Å². The third kappa shape index (κ3) is 1.84. The third-order valence-electron chi connectivity index (χ3n) is 0.925. The van der Waals surface area contributed by atoms with Gasteiger partial charge in [0.15, 0.2) is 14.7 Å². The van der Waals surface area contributed by atoms with Gasteiger partial charge in [-0.1, -0.05) is 5.16 Å². The highest BCUT2D eigenvalue weighted by Gasteiger charge is 2.18. The fraction of sp³-hybridized carbons (Fsp3) is 0.500. The third-order valence-corrected chi connectivity index (χ3v) is 1.72. The zero-order valence-electron chi connectivity index (χ0n) is 5.28. The fourth-order valence-electron chi connectivity index (χ4n) is 0.551. The second-order valence-corrected chi connectivity index (χ2v) is 2.69. The molecule has 0 aromatic carbocycles. The molecule has 0 fully saturated rings. The number of rotatable bonds is 3. The summed E-state index contributed by atoms with van der Waals surface area (Å²) in [6.45, 7) is 3.71. The Labute approximate surface area is 60.1 Å². The number of aliphatic imine (C=N–C) groups is 1. The molecule has 0 bridgehead atoms. The van der Waals surface area contributed by atoms with Gasteiger partial charge in [0.1, 0.15) is 0 Å². The Morgan fingerprint density at radius 3 is 3.30 bits per heavy atom. The molecular formula is C4H8N3O2P. The summed E-state index contributed by atoms with van der Waals surface area (Å²) in [6, 6.07) is 0.227. The molecule has 56 valence electrons. The van der Waals surface area contributed by atoms with Crippen LogP contribution in [0.2, 0.25) is 0 Å². The van der Waals surface area contributed by atoms with Crippen LogP contribution in [0.4, 0.5) is 0 Å². The van der Waals surface area contributed by atoms with Crippen molar-refractivity contribution in [1.29, 1.82) is 0 Å². The van der Waals surface area contributed by atoms with Gasteiger partial charge < -0.3 is 15.1 Å². The SMILES string of the molecule is C=NOPC1CN=C(N)O1. The standard InChI is InChI=1S/C4H8N3O2P/c1-6-9-10-3-2-7-4(5)8-3/h3,10H,1-2H2,(H2,5,7). The molecule has 0 spiro atoms. The molecule has 2 unspecified atom stereocenters. The summed E-state index contributed by atoms with van der Waals surface area (Å²) in [7, 11) is 0.126. The van der Waals surface area contributed by atoms with Gasteiger partial charge in [0.25, 0.3) is 6.02 Å². The minimum Gasteiger partial charge on any atom is -0.452 e. The first-order valence-corrected chi connectivity index (χ1v) is 3.65. The molecule has 6 heteroatoms. The highest BCUT2D eigenvalue weighted by Crippen LogP contribution is 2.24. The summed E-state index contributed by atoms with van der Waals surface area (Å²) in [5, 5.41) is 3.21. The van der Waals surface area contributed by atoms with Crippen molar-refractivity contribution in [2.45, 2.75) is 5.85 Å². The lowest BCUT2D eigenvalue weighted by atomic mass is 10.7. The van der Waals surface area contributed by atoms with E-state index in [1.54, 1.807) is 0 Å². The second-order valence-electron chi connectivity index (χ2n) is 1.62. The first kappa shape index (κ1) is 7.28. The summed E-state index contributed by atoms with van der Waals surface area (Å²) in [4.78, 5) is 3.81. The van der Waals surface area contributed by atoms with Gasteiger partial charge in [-0.25, -0.2) is 4.99 Å². The molecule has 0 amide bonds. The fourth-order valence-corrected chi connectivity index (χ4v) is 1.08. The van der Waals surface area contributed by atoms with Crippen molar-refractivity contribution in [3.05, 3.63) is 0 Å². The van der Waals surface area contributed by atoms with E-state index in [0.717, 1.165) is 0 Å². The van der Waals surface area contributed by atoms with E-state index in [-0.39, 0.29) is 20.7 Å². The van der Waals surface area contributed by atoms with Crippen LogP contribution in [0.1, 0.15) is 0 Å². The molecular weight excluding hydrogens is 153 g/mol. The van der Waals surface area contributed by atoms with Crippen LogP contribution in [0.3, 0.4) is 0 Å². The number of amidine groups is 1. The number of oxime groups is 1. The number of nitrogens with zero attached hydrogens (tertiary/aromatic N) is 2. The molecule has 1 rings (SSSR count). The van der Waals surface area contributed by atoms with E-state index < -0.39 is 0 Å². The van der Waals surface area contributed by atoms with Crippen LogP contribution < -0.4 is 5.73 Å². The molecule has 0 aromatic rings. The van der Waals surface area contributed by atoms with E-state index in [2.05, 4.69) is 21.5 Å². The van der Waals surface area contributed by atoms with Crippen molar-refractivity contribution in [2.24, 2.45) is 15.9 Å². The van der Waals surface area contributed by atoms with Crippen LogP contribution in [-0.4, -0.2) is 25.1 Å². The highest BCUT2D eigenvalue weighted by molar-refractivity contribution is 7.33. The van der Waals surface area contributed by atoms with E-state index in [0.29, 0.717) is 6.54 Å². The van der Waals surface area contributed by atoms with Crippen molar-refractivity contribution in [3.63, 3.8) is 0 Å². The van der Waals surface area contributed by atoms with Crippen molar-refractivity contribution in [1.82, 2.24) is 0 Å². The smallest absolute Gasteiger partial charge is 0.282 e. The van der Waals surface area contributed by atoms with Crippen molar-refractivity contribution >= 4 is 21.5 Å². The Kier molecular flexibility index (Phi) is 2.45. The molecule has 1 heterocycles. The Bertz CT molecular complexity index is 161. The molecule has 10 heavy (non-hydrogen) atoms. The van der Waals surface area contributed by atoms with Gasteiger partial charge in [-0.3, -0.25) is 0 Å². The molecule has 1 aliphatic rings. The average Bonchev–Trinajstić information content (AvgIpc) is 2.31. The lowest BCUT2D eigenvalue weighted by Crippen LogP contribution is -2.14. The van der Waals surface area contributed by atoms with Crippen LogP contribution in [0.5, 0.6) is 0 Å². The first-order valence-electron chi connectivity index (χ1n) is 2.67. The topological polar surface area (TPSA) is 69.2 Å². The van der Waals surface area contributed by atoms with E-state index >= 15 is 0 Å². The summed E-state index contributed by atoms with van der Waals surface area (Å²) in [5.74, 6) is -0.0644. The van der Waals surface area contributed by atoms with Crippen molar-refractivity contribution < 1.29 is 9.36 Å². The lowest BCUT2D eigenvalue weighted by Gasteiger charge is -2.05. The lowest BCUT2D eigenvalue weighted by molar-refractivity contribution is 0.279. The largest absolute Gasteiger partial charge is 0.452 e. The molecule has 0 aliphatic carbocycles. The average molecular weight is 161 g/mol. The molecule has 0 saturated heterocycles. The van der Waals surface area contributed by atoms with E-state index in [4.69, 9.17) is 10.5 Å². The van der Waals surface area contributed by atoms with Crippen molar-refractivity contribution in [3.8, 4) is 0 Å². The molecule has 2 atom stereocenters. The van der Waals surface area contributed by atoms with Gasteiger partial charge in [0, 0.05) is 6.72 Å². The second kappa shape index (κ2) is 3.37. The molecule has 1 aliphatic heterocycles. The Balaban J connectivity index is 2.16. The number of hydrogen-bond donors (Lipinski definition) is 1. The van der Waals surface area contributed by atoms with Gasteiger partial charge in [-0.05, 0) is 0 Å². The van der Waals surface area contributed by atoms with Gasteiger partial charge in [-0.2, -0.15) is 0 Å². The van der Waals surface area contributed by atoms with E-state index in [1.807, 2.05) is 0 Å². The first-order chi connectivity index (χ1) is 4.83. The maximum atomic E-state index is 5.23. The predicted octanol–water partition coefficient (Wildman–Crippen LogP) is -0.117. The quantitative estimate of drug-likeness (QED) is 0.356. The summed E-state index contributed by atoms with van der Waals surface area (Å²) >= 11 is 0. The van der Waals surface area contributed by atoms with Crippen LogP contribution in [0.15, 0.2) is 10.1 Å². The monoisotopic (exact) mass is 161 g/mol. The minimum atomic E-state index is -0.0644. The Hall–Kier alpha value is -0.830. The number of nitrogens with two attached hydrogens (primary N) is 1. The Morgan fingerprint density at radius 2 is 2.80 bits per heavy atom. The van der Waals surface area contributed by atoms with Gasteiger partial charge >= 0.3 is 0 Å². The summed E-state index contributed by atoms with van der Waals surface area (Å²) < 4.78 is 9.64. The van der Waals surface area contributed by atoms with Gasteiger partial charge in [-0.15, -0.1) is 0 Å². The van der Waals surface area contributed by atoms with E-state index in [9.17, 15) is 0 Å². The molecule has 0 aromatic heterocycles. The van der Waals surface area contributed by atoms with Crippen LogP contribution >= 0.6 is 8.81 Å². The van der Waals surface area contributed by atoms with Crippen molar-refractivity contribution in [2.75, 3.05) is 6.54 Å². The zero-order valence-corrected chi connectivity index (χ0v) is 6.28. The van der Waals surface area contributed by atoms with Crippen LogP contribution in [0, 0.1) is 0 Å². The molecule has 2 N–H and O–H groups in total. The summed E-state index contributed by atoms with van der Waals surface area (Å²) in [6.07, 6.45) is 0. The zero-order chi connectivity index (χ0) is 7.40. The predicted molar refractivity (Wildman–Crippen MR) is 40.3 cm³/mol. The number of ether oxygens (including phenoxy) is 1. The normalized spacial score (nSPS) is 24.4. The molecule has 0 radical (unpaired) electrons. The minimum absolute atomic E-state index is 0.0644. The van der Waals surface area contributed by atoms with Gasteiger partial charge in [0.05, 0.1) is 6.54 Å². The van der Waals surface area contributed by atoms with Crippen LogP contribution in [-0.2, 0) is 9.36 Å². The van der Waals surface area contributed by atoms with Crippen LogP contribution in [0.25, 0.3) is 0 Å². The van der Waals surface area contributed by atoms with Gasteiger partial charge in [0.2, 0.25) is 0 Å².